The maximum absolute atomic E-state index is 13.2. The van der Waals surface area contributed by atoms with E-state index in [4.69, 9.17) is 20.2 Å². The maximum Gasteiger partial charge on any atom is 2.00 e. The molecular formula is C92H97BrF2MgN21NaO17S. The van der Waals surface area contributed by atoms with Crippen molar-refractivity contribution in [2.45, 2.75) is 39.5 Å². The number of nitrogens with zero attached hydrogens (tertiary/aromatic N) is 19. The summed E-state index contributed by atoms with van der Waals surface area (Å²) in [5, 5.41) is 13.2. The van der Waals surface area contributed by atoms with Gasteiger partial charge >= 0.3 is 70.7 Å². The smallest absolute Gasteiger partial charge is 1.00 e. The van der Waals surface area contributed by atoms with Crippen molar-refractivity contribution in [1.29, 1.82) is 0 Å². The van der Waals surface area contributed by atoms with Crippen molar-refractivity contribution in [1.82, 2.24) is 90.4 Å². The van der Waals surface area contributed by atoms with E-state index in [1.807, 2.05) is 117 Å². The molecule has 136 heavy (non-hydrogen) atoms. The number of aryl methyl sites for hydroxylation is 1. The summed E-state index contributed by atoms with van der Waals surface area (Å²) in [5.74, 6) is -2.35. The van der Waals surface area contributed by atoms with Gasteiger partial charge in [-0.3, -0.25) is 47.0 Å². The number of benzene rings is 1. The Bertz CT molecular complexity index is 7140. The number of Topliss-reactive ketones (excluding diaryl/α,β-unsaturated/α-hetero) is 2. The molecule has 1 saturated heterocycles. The summed E-state index contributed by atoms with van der Waals surface area (Å²) >= 11 is 0. The third-order valence-corrected chi connectivity index (χ3v) is 19.6. The molecule has 0 spiro atoms. The molecule has 1 fully saturated rings. The molecule has 0 saturated carbocycles. The van der Waals surface area contributed by atoms with Crippen LogP contribution in [0.15, 0.2) is 290 Å². The fourth-order valence-electron chi connectivity index (χ4n) is 11.8. The first-order valence-corrected chi connectivity index (χ1v) is 40.8. The zero-order chi connectivity index (χ0) is 94.3. The van der Waals surface area contributed by atoms with Gasteiger partial charge < -0.3 is 92.2 Å². The zero-order valence-electron chi connectivity index (χ0n) is 76.1. The molecule has 0 unspecified atom stereocenters. The Morgan fingerprint density at radius 2 is 0.919 bits per heavy atom. The first-order chi connectivity index (χ1) is 63.0. The number of nitrogens with two attached hydrogens (primary N) is 1. The molecule has 5 N–H and O–H groups in total. The predicted molar refractivity (Wildman–Crippen MR) is 501 cm³/mol. The van der Waals surface area contributed by atoms with E-state index in [1.165, 1.54) is 92.5 Å². The molecular weight excluding hydrogens is 1870 g/mol. The first kappa shape index (κ1) is 112. The molecule has 0 aliphatic carbocycles. The van der Waals surface area contributed by atoms with Crippen LogP contribution in [-0.2, 0) is 38.7 Å². The van der Waals surface area contributed by atoms with Crippen LogP contribution in [0.25, 0.3) is 67.7 Å². The minimum Gasteiger partial charge on any atom is -1.00 e. The number of pyridine rings is 9. The van der Waals surface area contributed by atoms with Gasteiger partial charge in [-0.15, -0.1) is 0 Å². The average molecular weight is 1970 g/mol. The summed E-state index contributed by atoms with van der Waals surface area (Å²) in [6.45, 7) is 9.97. The van der Waals surface area contributed by atoms with E-state index in [1.54, 1.807) is 157 Å². The molecule has 1 aliphatic rings. The number of amides is 1. The van der Waals surface area contributed by atoms with Gasteiger partial charge in [0, 0.05) is 211 Å². The van der Waals surface area contributed by atoms with Gasteiger partial charge in [0.2, 0.25) is 0 Å². The second-order valence-electron chi connectivity index (χ2n) is 27.5. The van der Waals surface area contributed by atoms with Gasteiger partial charge in [0.05, 0.1) is 62.2 Å². The number of carbonyl (C=O) groups is 6. The van der Waals surface area contributed by atoms with Crippen LogP contribution in [0.1, 0.15) is 76.1 Å². The molecule has 19 rings (SSSR count). The summed E-state index contributed by atoms with van der Waals surface area (Å²) in [4.78, 5) is 135. The number of hydrogen-bond donors (Lipinski definition) is 4. The average Bonchev–Trinajstić information content (AvgIpc) is 1.24. The number of nitrogens with one attached hydrogen (secondary N) is 1. The van der Waals surface area contributed by atoms with Crippen molar-refractivity contribution in [2.24, 2.45) is 0 Å². The van der Waals surface area contributed by atoms with Crippen molar-refractivity contribution in [3.05, 3.63) is 343 Å². The summed E-state index contributed by atoms with van der Waals surface area (Å²) in [5.41, 5.74) is 17.1. The Kier molecular flexibility index (Phi) is 45.2. The number of methoxy groups -OCH3 is 4. The molecule has 44 heteroatoms. The van der Waals surface area contributed by atoms with Crippen molar-refractivity contribution >= 4 is 125 Å². The number of nitrogen functional groups attached to an aromatic ring is 1. The number of ketones is 2. The van der Waals surface area contributed by atoms with E-state index >= 15 is 0 Å². The van der Waals surface area contributed by atoms with Crippen LogP contribution in [0.4, 0.5) is 25.1 Å². The van der Waals surface area contributed by atoms with Crippen molar-refractivity contribution in [2.75, 3.05) is 86.0 Å². The number of carboxylic acids is 1. The van der Waals surface area contributed by atoms with E-state index < -0.39 is 34.0 Å². The minimum absolute atomic E-state index is 0. The second-order valence-corrected chi connectivity index (χ2v) is 28.9. The van der Waals surface area contributed by atoms with Gasteiger partial charge in [0.15, 0.2) is 11.6 Å². The quantitative estimate of drug-likeness (QED) is 0.0204. The molecule has 17 aromatic heterocycles. The number of aromatic nitrogens is 17. The number of piperazine rings is 1. The van der Waals surface area contributed by atoms with E-state index in [-0.39, 0.29) is 137 Å². The number of carbonyl (C=O) groups excluding carboxylic acids is 5. The number of ether oxygens (including phenoxy) is 4. The zero-order valence-corrected chi connectivity index (χ0v) is 80.9. The molecule has 1 aliphatic heterocycles. The molecule has 0 bridgehead atoms. The van der Waals surface area contributed by atoms with Crippen LogP contribution in [-0.4, -0.2) is 237 Å². The van der Waals surface area contributed by atoms with Gasteiger partial charge in [-0.05, 0) is 142 Å². The number of hydroxylamine groups is 2. The number of aromatic carboxylic acids is 1. The number of fused-ring (bicyclic) bond motifs is 8. The molecule has 18 heterocycles. The van der Waals surface area contributed by atoms with E-state index in [2.05, 4.69) is 74.0 Å². The Morgan fingerprint density at radius 3 is 1.32 bits per heavy atom. The third-order valence-electron chi connectivity index (χ3n) is 18.7. The molecule has 0 atom stereocenters. The fourth-order valence-corrected chi connectivity index (χ4v) is 12.2. The first-order valence-electron chi connectivity index (χ1n) is 39.4. The summed E-state index contributed by atoms with van der Waals surface area (Å²) in [6.07, 6.45) is 35.1. The number of anilines is 2. The minimum atomic E-state index is -4.02. The molecule has 38 nitrogen and oxygen atoms in total. The van der Waals surface area contributed by atoms with E-state index in [0.717, 1.165) is 90.1 Å². The Balaban J connectivity index is 0.000000327. The van der Waals surface area contributed by atoms with Crippen molar-refractivity contribution < 1.29 is 127 Å². The fraction of sp³-hybridized carbons (Fsp3) is 0.174. The van der Waals surface area contributed by atoms with Crippen LogP contribution in [0.5, 0.6) is 0 Å². The number of esters is 1. The molecule has 1 aromatic carbocycles. The predicted octanol–water partition coefficient (Wildman–Crippen LogP) is 6.11. The topological polar surface area (TPSA) is 453 Å². The van der Waals surface area contributed by atoms with Crippen LogP contribution in [0, 0.1) is 26.0 Å². The third kappa shape index (κ3) is 32.3. The molecule has 702 valence electrons. The number of carboxylic acid groups (broad SMARTS) is 1. The van der Waals surface area contributed by atoms with Crippen LogP contribution in [0.2, 0.25) is 0 Å². The Morgan fingerprint density at radius 1 is 0.522 bits per heavy atom. The van der Waals surface area contributed by atoms with Crippen molar-refractivity contribution in [3.8, 4) is 22.5 Å². The van der Waals surface area contributed by atoms with Gasteiger partial charge in [-0.2, -0.15) is 8.42 Å². The number of hydrogen-bond acceptors (Lipinski definition) is 27. The largest absolute Gasteiger partial charge is 2.00 e. The van der Waals surface area contributed by atoms with Crippen molar-refractivity contribution in [3.63, 3.8) is 0 Å². The van der Waals surface area contributed by atoms with Crippen LogP contribution >= 0.6 is 0 Å². The summed E-state index contributed by atoms with van der Waals surface area (Å²) < 4.78 is 85.6. The van der Waals surface area contributed by atoms with Gasteiger partial charge in [-0.1, -0.05) is 25.1 Å². The second kappa shape index (κ2) is 54.8. The van der Waals surface area contributed by atoms with Gasteiger partial charge in [0.1, 0.15) is 69.1 Å². The number of halogens is 3. The molecule has 18 aromatic rings. The van der Waals surface area contributed by atoms with Crippen LogP contribution < -0.4 is 73.6 Å². The SMILES string of the molecule is C.CC(=O)c1ccn2ccnc2c1.CCOC.COC(=O)CC(=O)c1ccn2ccnc2c1.COC(=O)OC.CON(C)C(=O)c1ccn2ccnc2c1.Cc1ccc(S(=O)(=O)O)cc1.Nc1ccc(F)cn1.O=C(O)c1ccn2ccnc2c1.O=c1cc(-c2ccn3ccnc3c2)nc2ccc(F)cn12.O=c1cc(-c2ccn3ccnc3c2)nc2ccc(N3CCNCC3)cn12.[Br-].[CH3-].[H-].[Mg+2].[Na+]. The number of imidazole rings is 6. The monoisotopic (exact) mass is 1960 g/mol. The Labute approximate surface area is 828 Å². The van der Waals surface area contributed by atoms with Gasteiger partial charge in [-0.25, -0.2) is 68.3 Å². The van der Waals surface area contributed by atoms with Gasteiger partial charge in [0.25, 0.3) is 27.1 Å². The summed E-state index contributed by atoms with van der Waals surface area (Å²) in [7, 11) is 4.45. The van der Waals surface area contributed by atoms with Crippen LogP contribution in [0.3, 0.4) is 0 Å². The van der Waals surface area contributed by atoms with E-state index in [9.17, 15) is 55.6 Å². The normalized spacial score (nSPS) is 10.8. The molecule has 0 radical (unpaired) electrons. The Hall–Kier alpha value is -14.3. The number of rotatable bonds is 12. The van der Waals surface area contributed by atoms with E-state index in [0.29, 0.717) is 56.5 Å². The molecule has 1 amide bonds. The summed E-state index contributed by atoms with van der Waals surface area (Å²) in [6, 6.07) is 39.3. The standard InChI is InChI=1S/C19H18N6O.C15H9FN4O.C11H10N2O3.C10H11N3O2.C9H8N2O.C8H6N2O2.C7H8O3S.C5H5FN2.C3H6O3.C3H8O.CH4.CH3.BrH.Mg.Na.H/c26-19-12-16(14-3-7-24-10-6-21-18(24)11-14)22-17-2-1-15(13-25(17)19)23-8-4-20-5-9-23;16-11-1-2-13-18-12(8-15(21)20(13)9-11)10-3-5-19-6-4-17-14(19)7-10;1-16-11(15)7-9(14)8-2-4-13-5-3-12-10(13)6-8;1-12(15-2)10(14)8-3-5-13-6-4-11-9(13)7-8;1-7(12)8-2-4-11-5-3-10-9(11)6-8;11-8(12)6-1-3-10-4-2-9-7(10)5-6;1-6-2-4-7(5-3-6)11(8,9)10;6-4-1-2-5(7)8-3-4;1-5-3(4)6-2;1-3-4-2;;;;;;/h1-3,6-7,10-13,20H,4-5,8-9H2;1-9H;2-6H,7H2,1H3;3-7H,1-2H3;2-6H,1H3;1-5H,(H,11,12);2-5H,1H3,(H,8,9,10);1-3H,(H2,7,8);1-2H3;3H2,1-2H3;1H4;1H3;1H;;;/q;;;;;;;;;;;-1;;+2;+1;-1/p-1. The maximum atomic E-state index is 13.2.